The van der Waals surface area contributed by atoms with Gasteiger partial charge in [-0.1, -0.05) is 167 Å². The Balaban J connectivity index is -0.0000110. The Morgan fingerprint density at radius 3 is 1.02 bits per heavy atom. The molecule has 0 aromatic heterocycles. The topological polar surface area (TPSA) is 135 Å². The fourth-order valence-corrected chi connectivity index (χ4v) is 7.85. The number of allylic oxidation sites excluding steroid dienone is 4. The molecule has 0 aliphatic heterocycles. The van der Waals surface area contributed by atoms with Crippen molar-refractivity contribution >= 4 is 22.1 Å². The third kappa shape index (κ3) is 29.7. The number of carboxylic acids is 2. The molecule has 0 aromatic rings. The predicted molar refractivity (Wildman–Crippen MR) is 196 cm³/mol. The van der Waals surface area contributed by atoms with Gasteiger partial charge in [-0.2, -0.15) is 8.42 Å². The quantitative estimate of drug-likeness (QED) is 0.0449. The van der Waals surface area contributed by atoms with Crippen molar-refractivity contribution < 1.29 is 91.9 Å². The maximum atomic E-state index is 12.4. The van der Waals surface area contributed by atoms with Crippen molar-refractivity contribution in [2.24, 2.45) is 5.41 Å². The summed E-state index contributed by atoms with van der Waals surface area (Å²) in [6.45, 7) is 4.46. The van der Waals surface area contributed by atoms with Crippen molar-refractivity contribution in [1.82, 2.24) is 0 Å². The van der Waals surface area contributed by atoms with Crippen LogP contribution < -0.4 is 69.3 Å². The fraction of sp³-hybridized carbons (Fsp3) is 0.850. The number of carbonyl (C=O) groups excluding carboxylic acids is 2. The fourth-order valence-electron chi connectivity index (χ4n) is 6.71. The number of rotatable bonds is 36. The molecule has 0 saturated carbocycles. The second-order valence-electron chi connectivity index (χ2n) is 14.0. The smallest absolute Gasteiger partial charge is 0.549 e. The zero-order chi connectivity index (χ0) is 35.8. The van der Waals surface area contributed by atoms with E-state index in [4.69, 9.17) is 0 Å². The number of unbranched alkanes of at least 4 members (excludes halogenated alkanes) is 24. The molecule has 0 aliphatic rings. The van der Waals surface area contributed by atoms with E-state index >= 15 is 0 Å². The average Bonchev–Trinajstić information content (AvgIpc) is 3.03. The summed E-state index contributed by atoms with van der Waals surface area (Å²) in [6.07, 6.45) is 38.6. The van der Waals surface area contributed by atoms with Gasteiger partial charge in [-0.25, -0.2) is 0 Å². The minimum Gasteiger partial charge on any atom is -0.549 e. The normalized spacial score (nSPS) is 12.6. The summed E-state index contributed by atoms with van der Waals surface area (Å²) < 4.78 is 34.0. The zero-order valence-corrected chi connectivity index (χ0v) is 37.7. The summed E-state index contributed by atoms with van der Waals surface area (Å²) in [5.41, 5.74) is -2.21. The molecular formula is C40H72Na2O7S. The van der Waals surface area contributed by atoms with E-state index in [1.165, 1.54) is 77.0 Å². The van der Waals surface area contributed by atoms with Crippen LogP contribution in [-0.4, -0.2) is 30.2 Å². The summed E-state index contributed by atoms with van der Waals surface area (Å²) in [5, 5.41) is 21.8. The van der Waals surface area contributed by atoms with Gasteiger partial charge in [0.25, 0.3) is 10.1 Å². The zero-order valence-electron chi connectivity index (χ0n) is 32.9. The van der Waals surface area contributed by atoms with Gasteiger partial charge in [-0.3, -0.25) is 4.55 Å². The van der Waals surface area contributed by atoms with Crippen LogP contribution in [0.3, 0.4) is 0 Å². The summed E-state index contributed by atoms with van der Waals surface area (Å²) in [5.74, 6) is -3.83. The molecular weight excluding hydrogens is 670 g/mol. The second-order valence-corrected chi connectivity index (χ2v) is 15.5. The second kappa shape index (κ2) is 37.6. The van der Waals surface area contributed by atoms with E-state index in [1.54, 1.807) is 0 Å². The molecule has 1 N–H and O–H groups in total. The van der Waals surface area contributed by atoms with Crippen LogP contribution in [0.2, 0.25) is 0 Å². The molecule has 0 saturated heterocycles. The van der Waals surface area contributed by atoms with E-state index in [9.17, 15) is 32.8 Å². The standard InChI is InChI=1S/C40H74O7S.2Na/c1-3-5-7-9-11-13-15-17-19-21-23-25-27-29-31-33-35-40(39(43)44,37(38(41)42)48(45,46)47)36-34-32-30-28-26-24-22-20-18-16-14-12-10-8-6-4-2;;/h17-20,37H,3-16,21-36H2,1-2H3,(H,41,42)(H,43,44)(H,45,46,47);;/q;2*+1/p-2/b19-17-,20-18-;;. The molecule has 1 atom stereocenters. The molecule has 0 heterocycles. The van der Waals surface area contributed by atoms with Gasteiger partial charge in [0.1, 0.15) is 5.25 Å². The van der Waals surface area contributed by atoms with Gasteiger partial charge in [0.2, 0.25) is 0 Å². The maximum Gasteiger partial charge on any atom is 1.00 e. The SMILES string of the molecule is CCCCCCCC/C=C\CCCCCCCCC(CCCCCCCC/C=C\CCCCCCCC)(C(=O)[O-])C(C(=O)[O-])S(=O)(=O)O.[Na+].[Na+]. The predicted octanol–water partition coefficient (Wildman–Crippen LogP) is 3.59. The Morgan fingerprint density at radius 1 is 0.520 bits per heavy atom. The minimum atomic E-state index is -5.21. The number of carbonyl (C=O) groups is 2. The van der Waals surface area contributed by atoms with Gasteiger partial charge in [0.15, 0.2) is 0 Å². The molecule has 7 nitrogen and oxygen atoms in total. The Kier molecular flexibility index (Phi) is 41.2. The molecule has 0 aliphatic carbocycles. The van der Waals surface area contributed by atoms with E-state index in [0.29, 0.717) is 25.7 Å². The van der Waals surface area contributed by atoms with Gasteiger partial charge in [0.05, 0.1) is 5.97 Å². The van der Waals surface area contributed by atoms with Crippen molar-refractivity contribution in [1.29, 1.82) is 0 Å². The van der Waals surface area contributed by atoms with Crippen molar-refractivity contribution in [2.45, 2.75) is 212 Å². The van der Waals surface area contributed by atoms with E-state index in [-0.39, 0.29) is 72.0 Å². The van der Waals surface area contributed by atoms with E-state index in [1.807, 2.05) is 0 Å². The maximum absolute atomic E-state index is 12.4. The molecule has 0 radical (unpaired) electrons. The van der Waals surface area contributed by atoms with Crippen molar-refractivity contribution in [3.8, 4) is 0 Å². The molecule has 0 bridgehead atoms. The number of carboxylic acid groups (broad SMARTS) is 2. The molecule has 10 heteroatoms. The van der Waals surface area contributed by atoms with E-state index in [0.717, 1.165) is 77.0 Å². The van der Waals surface area contributed by atoms with Crippen molar-refractivity contribution in [2.75, 3.05) is 0 Å². The van der Waals surface area contributed by atoms with Gasteiger partial charge < -0.3 is 19.8 Å². The average molecular weight is 743 g/mol. The van der Waals surface area contributed by atoms with Crippen molar-refractivity contribution in [3.63, 3.8) is 0 Å². The van der Waals surface area contributed by atoms with Crippen LogP contribution in [0, 0.1) is 5.41 Å². The van der Waals surface area contributed by atoms with E-state index in [2.05, 4.69) is 38.2 Å². The van der Waals surface area contributed by atoms with Crippen LogP contribution in [-0.2, 0) is 19.7 Å². The van der Waals surface area contributed by atoms with Crippen LogP contribution in [0.4, 0.5) is 0 Å². The molecule has 0 aromatic carbocycles. The van der Waals surface area contributed by atoms with Crippen LogP contribution in [0.25, 0.3) is 0 Å². The molecule has 0 rings (SSSR count). The number of hydrogen-bond acceptors (Lipinski definition) is 6. The third-order valence-electron chi connectivity index (χ3n) is 9.69. The molecule has 282 valence electrons. The van der Waals surface area contributed by atoms with Crippen LogP contribution in [0.1, 0.15) is 206 Å². The number of aliphatic carboxylic acids is 2. The summed E-state index contributed by atoms with van der Waals surface area (Å²) in [6, 6.07) is 0. The summed E-state index contributed by atoms with van der Waals surface area (Å²) >= 11 is 0. The van der Waals surface area contributed by atoms with Gasteiger partial charge in [-0.15, -0.1) is 0 Å². The summed E-state index contributed by atoms with van der Waals surface area (Å²) in [4.78, 5) is 24.3. The Morgan fingerprint density at radius 2 is 0.780 bits per heavy atom. The summed E-state index contributed by atoms with van der Waals surface area (Å²) in [7, 11) is -5.21. The third-order valence-corrected chi connectivity index (χ3v) is 10.9. The monoisotopic (exact) mass is 742 g/mol. The van der Waals surface area contributed by atoms with Crippen LogP contribution >= 0.6 is 0 Å². The van der Waals surface area contributed by atoms with Crippen LogP contribution in [0.5, 0.6) is 0 Å². The first-order valence-corrected chi connectivity index (χ1v) is 21.3. The van der Waals surface area contributed by atoms with E-state index < -0.39 is 32.7 Å². The Hall–Kier alpha value is 0.330. The molecule has 0 spiro atoms. The largest absolute Gasteiger partial charge is 1.00 e. The first-order chi connectivity index (χ1) is 23.1. The Bertz CT molecular complexity index is 911. The minimum absolute atomic E-state index is 0. The Labute approximate surface area is 352 Å². The molecule has 1 unspecified atom stereocenters. The first kappa shape index (κ1) is 54.7. The molecule has 0 fully saturated rings. The van der Waals surface area contributed by atoms with Gasteiger partial charge in [0, 0.05) is 11.4 Å². The van der Waals surface area contributed by atoms with Crippen LogP contribution in [0.15, 0.2) is 24.3 Å². The van der Waals surface area contributed by atoms with Gasteiger partial charge >= 0.3 is 59.1 Å². The van der Waals surface area contributed by atoms with Crippen molar-refractivity contribution in [3.05, 3.63) is 24.3 Å². The van der Waals surface area contributed by atoms with Gasteiger partial charge in [-0.05, 0) is 64.2 Å². The molecule has 0 amide bonds. The molecule has 50 heavy (non-hydrogen) atoms. The number of hydrogen-bond donors (Lipinski definition) is 1. The first-order valence-electron chi connectivity index (χ1n) is 19.8.